The molecule has 0 aromatic heterocycles. The van der Waals surface area contributed by atoms with Crippen molar-refractivity contribution in [2.45, 2.75) is 50.2 Å². The molecule has 1 saturated heterocycles. The summed E-state index contributed by atoms with van der Waals surface area (Å²) in [6.45, 7) is -0.653. The monoisotopic (exact) mass is 374 g/mol. The summed E-state index contributed by atoms with van der Waals surface area (Å²) in [6, 6.07) is 3.31. The summed E-state index contributed by atoms with van der Waals surface area (Å²) in [7, 11) is 1.42. The van der Waals surface area contributed by atoms with Crippen LogP contribution in [0.4, 0.5) is 0 Å². The van der Waals surface area contributed by atoms with Crippen molar-refractivity contribution in [1.82, 2.24) is 0 Å². The highest BCUT2D eigenvalue weighted by atomic mass is 16.7. The van der Waals surface area contributed by atoms with Crippen LogP contribution in [0.1, 0.15) is 17.5 Å². The van der Waals surface area contributed by atoms with Crippen LogP contribution in [-0.4, -0.2) is 81.7 Å². The minimum atomic E-state index is -1.47. The van der Waals surface area contributed by atoms with Crippen molar-refractivity contribution >= 4 is 0 Å². The van der Waals surface area contributed by atoms with Gasteiger partial charge in [0, 0.05) is 5.56 Å². The molecule has 1 fully saturated rings. The molecule has 6 N–H and O–H groups in total. The quantitative estimate of drug-likeness (QED) is 0.303. The molecule has 0 aliphatic carbocycles. The molecule has 5 unspecified atom stereocenters. The van der Waals surface area contributed by atoms with Crippen molar-refractivity contribution in [2.75, 3.05) is 20.3 Å². The van der Waals surface area contributed by atoms with Crippen molar-refractivity contribution in [3.63, 3.8) is 0 Å². The Morgan fingerprint density at radius 1 is 1.08 bits per heavy atom. The Morgan fingerprint density at radius 3 is 2.42 bits per heavy atom. The van der Waals surface area contributed by atoms with Crippen LogP contribution in [0.25, 0.3) is 0 Å². The third-order valence-electron chi connectivity index (χ3n) is 4.34. The molecular formula is C17H26O9. The number of ether oxygens (including phenoxy) is 3. The van der Waals surface area contributed by atoms with Crippen LogP contribution in [0.15, 0.2) is 12.1 Å². The van der Waals surface area contributed by atoms with Crippen LogP contribution < -0.4 is 4.74 Å². The number of hydrogen-bond donors (Lipinski definition) is 6. The van der Waals surface area contributed by atoms with Gasteiger partial charge in [-0.25, -0.2) is 0 Å². The highest BCUT2D eigenvalue weighted by Crippen LogP contribution is 2.32. The molecule has 148 valence electrons. The van der Waals surface area contributed by atoms with E-state index in [-0.39, 0.29) is 24.7 Å². The highest BCUT2D eigenvalue weighted by molar-refractivity contribution is 5.48. The lowest BCUT2D eigenvalue weighted by Gasteiger charge is -2.39. The summed E-state index contributed by atoms with van der Waals surface area (Å²) in [6.07, 6.45) is -5.42. The standard InChI is InChI=1S/C17H26O9/c1-24-11-6-9(5-10(7-18)13(11)20)3-2-4-25-17-16(23)15(22)14(21)12(8-19)26-17/h5-6,12,14-23H,2-4,7-8H2,1H3. The van der Waals surface area contributed by atoms with Gasteiger partial charge in [0.2, 0.25) is 0 Å². The molecule has 0 saturated carbocycles. The topological polar surface area (TPSA) is 149 Å². The number of rotatable bonds is 8. The van der Waals surface area contributed by atoms with Crippen molar-refractivity contribution in [3.05, 3.63) is 23.3 Å². The van der Waals surface area contributed by atoms with Gasteiger partial charge in [0.1, 0.15) is 24.4 Å². The molecule has 1 aromatic rings. The van der Waals surface area contributed by atoms with E-state index in [1.54, 1.807) is 12.1 Å². The van der Waals surface area contributed by atoms with E-state index in [0.717, 1.165) is 5.56 Å². The highest BCUT2D eigenvalue weighted by Gasteiger charge is 2.43. The van der Waals surface area contributed by atoms with Gasteiger partial charge in [0.15, 0.2) is 17.8 Å². The van der Waals surface area contributed by atoms with E-state index in [0.29, 0.717) is 18.4 Å². The van der Waals surface area contributed by atoms with E-state index >= 15 is 0 Å². The van der Waals surface area contributed by atoms with Crippen molar-refractivity contribution in [1.29, 1.82) is 0 Å². The Kier molecular flexibility index (Phi) is 7.59. The lowest BCUT2D eigenvalue weighted by atomic mass is 9.99. The van der Waals surface area contributed by atoms with Crippen LogP contribution >= 0.6 is 0 Å². The van der Waals surface area contributed by atoms with Gasteiger partial charge in [-0.3, -0.25) is 0 Å². The van der Waals surface area contributed by atoms with Gasteiger partial charge in [-0.2, -0.15) is 0 Å². The first-order valence-electron chi connectivity index (χ1n) is 8.34. The average molecular weight is 374 g/mol. The van der Waals surface area contributed by atoms with Crippen LogP contribution in [0.5, 0.6) is 11.5 Å². The average Bonchev–Trinajstić information content (AvgIpc) is 2.65. The van der Waals surface area contributed by atoms with Gasteiger partial charge in [-0.05, 0) is 30.5 Å². The van der Waals surface area contributed by atoms with Crippen molar-refractivity contribution in [3.8, 4) is 11.5 Å². The van der Waals surface area contributed by atoms with Crippen molar-refractivity contribution < 1.29 is 44.8 Å². The number of phenols is 1. The fourth-order valence-corrected chi connectivity index (χ4v) is 2.83. The van der Waals surface area contributed by atoms with E-state index in [9.17, 15) is 25.5 Å². The van der Waals surface area contributed by atoms with Gasteiger partial charge < -0.3 is 44.8 Å². The van der Waals surface area contributed by atoms with Gasteiger partial charge in [-0.1, -0.05) is 0 Å². The molecule has 2 rings (SSSR count). The molecule has 5 atom stereocenters. The van der Waals surface area contributed by atoms with Crippen molar-refractivity contribution in [2.24, 2.45) is 0 Å². The Hall–Kier alpha value is -1.46. The summed E-state index contributed by atoms with van der Waals surface area (Å²) < 4.78 is 15.7. The third-order valence-corrected chi connectivity index (χ3v) is 4.34. The van der Waals surface area contributed by atoms with Gasteiger partial charge in [0.05, 0.1) is 26.9 Å². The maximum Gasteiger partial charge on any atom is 0.186 e. The number of aliphatic hydroxyl groups is 5. The molecule has 1 aliphatic heterocycles. The Labute approximate surface area is 151 Å². The summed E-state index contributed by atoms with van der Waals surface area (Å²) in [5.41, 5.74) is 1.18. The van der Waals surface area contributed by atoms with E-state index in [2.05, 4.69) is 0 Å². The Bertz CT molecular complexity index is 552. The third kappa shape index (κ3) is 4.63. The van der Waals surface area contributed by atoms with Crippen LogP contribution in [0, 0.1) is 0 Å². The van der Waals surface area contributed by atoms with Gasteiger partial charge >= 0.3 is 0 Å². The number of benzene rings is 1. The Balaban J connectivity index is 1.88. The zero-order valence-corrected chi connectivity index (χ0v) is 14.5. The summed E-state index contributed by atoms with van der Waals surface area (Å²) in [5, 5.41) is 57.6. The molecule has 9 nitrogen and oxygen atoms in total. The lowest BCUT2D eigenvalue weighted by Crippen LogP contribution is -2.59. The zero-order chi connectivity index (χ0) is 19.3. The lowest BCUT2D eigenvalue weighted by molar-refractivity contribution is -0.301. The van der Waals surface area contributed by atoms with E-state index in [1.807, 2.05) is 0 Å². The fourth-order valence-electron chi connectivity index (χ4n) is 2.83. The Morgan fingerprint density at radius 2 is 1.81 bits per heavy atom. The maximum atomic E-state index is 9.89. The fraction of sp³-hybridized carbons (Fsp3) is 0.647. The smallest absolute Gasteiger partial charge is 0.186 e. The van der Waals surface area contributed by atoms with Crippen LogP contribution in [0.3, 0.4) is 0 Å². The first-order chi connectivity index (χ1) is 12.4. The minimum absolute atomic E-state index is 0.101. The summed E-state index contributed by atoms with van der Waals surface area (Å²) >= 11 is 0. The maximum absolute atomic E-state index is 9.89. The molecule has 0 amide bonds. The number of aromatic hydroxyl groups is 1. The van der Waals surface area contributed by atoms with E-state index < -0.39 is 37.3 Å². The minimum Gasteiger partial charge on any atom is -0.504 e. The SMILES string of the molecule is COc1cc(CCCOC2OC(CO)C(O)C(O)C2O)cc(CO)c1O. The summed E-state index contributed by atoms with van der Waals surface area (Å²) in [4.78, 5) is 0. The molecule has 1 aliphatic rings. The second-order valence-corrected chi connectivity index (χ2v) is 6.14. The second-order valence-electron chi connectivity index (χ2n) is 6.14. The number of aryl methyl sites for hydroxylation is 1. The molecule has 1 aromatic carbocycles. The number of hydrogen-bond acceptors (Lipinski definition) is 9. The normalized spacial score (nSPS) is 28.9. The number of aliphatic hydroxyl groups excluding tert-OH is 5. The van der Waals surface area contributed by atoms with Crippen LogP contribution in [0.2, 0.25) is 0 Å². The summed E-state index contributed by atoms with van der Waals surface area (Å²) in [5.74, 6) is 0.165. The molecule has 0 spiro atoms. The van der Waals surface area contributed by atoms with Crippen LogP contribution in [-0.2, 0) is 22.5 Å². The first-order valence-corrected chi connectivity index (χ1v) is 8.34. The van der Waals surface area contributed by atoms with E-state index in [1.165, 1.54) is 7.11 Å². The largest absolute Gasteiger partial charge is 0.504 e. The molecule has 26 heavy (non-hydrogen) atoms. The molecule has 1 heterocycles. The predicted octanol–water partition coefficient (Wildman–Crippen LogP) is -1.36. The van der Waals surface area contributed by atoms with Gasteiger partial charge in [-0.15, -0.1) is 0 Å². The molecular weight excluding hydrogens is 348 g/mol. The van der Waals surface area contributed by atoms with E-state index in [4.69, 9.17) is 19.3 Å². The molecule has 9 heteroatoms. The molecule has 0 radical (unpaired) electrons. The zero-order valence-electron chi connectivity index (χ0n) is 14.5. The number of methoxy groups -OCH3 is 1. The second kappa shape index (κ2) is 9.47. The van der Waals surface area contributed by atoms with Gasteiger partial charge in [0.25, 0.3) is 0 Å². The molecule has 0 bridgehead atoms. The first kappa shape index (κ1) is 20.8. The predicted molar refractivity (Wildman–Crippen MR) is 88.6 cm³/mol.